The summed E-state index contributed by atoms with van der Waals surface area (Å²) >= 11 is 0. The van der Waals surface area contributed by atoms with Gasteiger partial charge in [-0.3, -0.25) is 9.59 Å². The van der Waals surface area contributed by atoms with Crippen molar-refractivity contribution in [3.8, 4) is 0 Å². The summed E-state index contributed by atoms with van der Waals surface area (Å²) in [5.41, 5.74) is 2.75. The fraction of sp³-hybridized carbons (Fsp3) is 0.500. The van der Waals surface area contributed by atoms with E-state index in [4.69, 9.17) is 4.74 Å². The molecule has 1 aromatic carbocycles. The van der Waals surface area contributed by atoms with Gasteiger partial charge in [-0.25, -0.2) is 0 Å². The first kappa shape index (κ1) is 15.5. The molecule has 0 aliphatic carbocycles. The summed E-state index contributed by atoms with van der Waals surface area (Å²) < 4.78 is 5.17. The third kappa shape index (κ3) is 3.61. The van der Waals surface area contributed by atoms with Crippen LogP contribution in [0.25, 0.3) is 0 Å². The Balaban J connectivity index is 2.27. The van der Waals surface area contributed by atoms with Crippen LogP contribution in [0.4, 0.5) is 11.4 Å². The molecule has 0 saturated carbocycles. The van der Waals surface area contributed by atoms with Gasteiger partial charge in [-0.05, 0) is 37.5 Å². The lowest BCUT2D eigenvalue weighted by Crippen LogP contribution is -2.37. The molecule has 0 radical (unpaired) electrons. The Morgan fingerprint density at radius 2 is 2.19 bits per heavy atom. The summed E-state index contributed by atoms with van der Waals surface area (Å²) in [5, 5.41) is 2.84. The Labute approximate surface area is 125 Å². The topological polar surface area (TPSA) is 58.6 Å². The molecule has 1 unspecified atom stereocenters. The van der Waals surface area contributed by atoms with Crippen LogP contribution in [0.5, 0.6) is 0 Å². The summed E-state index contributed by atoms with van der Waals surface area (Å²) in [6.07, 6.45) is 2.04. The molecule has 1 aliphatic rings. The highest BCUT2D eigenvalue weighted by molar-refractivity contribution is 5.97. The number of fused-ring (bicyclic) bond motifs is 1. The van der Waals surface area contributed by atoms with Gasteiger partial charge in [0.1, 0.15) is 0 Å². The molecular weight excluding hydrogens is 268 g/mol. The van der Waals surface area contributed by atoms with Gasteiger partial charge in [0.2, 0.25) is 11.8 Å². The van der Waals surface area contributed by atoms with Crippen molar-refractivity contribution in [1.82, 2.24) is 0 Å². The fourth-order valence-corrected chi connectivity index (χ4v) is 2.63. The molecule has 21 heavy (non-hydrogen) atoms. The monoisotopic (exact) mass is 290 g/mol. The number of anilines is 2. The van der Waals surface area contributed by atoms with Gasteiger partial charge in [-0.1, -0.05) is 6.07 Å². The van der Waals surface area contributed by atoms with Gasteiger partial charge in [0, 0.05) is 32.0 Å². The second-order valence-electron chi connectivity index (χ2n) is 5.38. The van der Waals surface area contributed by atoms with Crippen molar-refractivity contribution in [2.24, 2.45) is 0 Å². The summed E-state index contributed by atoms with van der Waals surface area (Å²) in [6.45, 7) is 4.09. The van der Waals surface area contributed by atoms with Crippen LogP contribution < -0.4 is 10.2 Å². The van der Waals surface area contributed by atoms with Crippen LogP contribution in [0, 0.1) is 0 Å². The minimum absolute atomic E-state index is 0.0604. The summed E-state index contributed by atoms with van der Waals surface area (Å²) in [4.78, 5) is 25.5. The average Bonchev–Trinajstić information content (AvgIpc) is 2.46. The standard InChI is InChI=1S/C16H22N2O3/c1-11(21-3)10-16(20)18-9-5-6-13-14(17-12(2)19)7-4-8-15(13)18/h4,7-8,11H,5-6,9-10H2,1-3H3,(H,17,19). The molecule has 114 valence electrons. The normalized spacial score (nSPS) is 15.3. The van der Waals surface area contributed by atoms with E-state index >= 15 is 0 Å². The predicted octanol–water partition coefficient (Wildman–Crippen LogP) is 2.35. The van der Waals surface area contributed by atoms with E-state index in [9.17, 15) is 9.59 Å². The molecule has 5 heteroatoms. The average molecular weight is 290 g/mol. The third-order valence-corrected chi connectivity index (χ3v) is 3.73. The van der Waals surface area contributed by atoms with Gasteiger partial charge in [0.05, 0.1) is 12.5 Å². The Bertz CT molecular complexity index is 542. The van der Waals surface area contributed by atoms with E-state index in [1.165, 1.54) is 6.92 Å². The first-order chi connectivity index (χ1) is 10.0. The molecule has 1 aliphatic heterocycles. The zero-order valence-electron chi connectivity index (χ0n) is 12.8. The number of hydrogen-bond acceptors (Lipinski definition) is 3. The number of benzene rings is 1. The van der Waals surface area contributed by atoms with Crippen molar-refractivity contribution in [3.05, 3.63) is 23.8 Å². The van der Waals surface area contributed by atoms with E-state index in [0.717, 1.165) is 29.8 Å². The predicted molar refractivity (Wildman–Crippen MR) is 82.5 cm³/mol. The zero-order valence-corrected chi connectivity index (χ0v) is 12.8. The van der Waals surface area contributed by atoms with Crippen molar-refractivity contribution in [2.45, 2.75) is 39.2 Å². The first-order valence-corrected chi connectivity index (χ1v) is 7.25. The van der Waals surface area contributed by atoms with Gasteiger partial charge in [-0.15, -0.1) is 0 Å². The molecule has 1 atom stereocenters. The smallest absolute Gasteiger partial charge is 0.229 e. The highest BCUT2D eigenvalue weighted by atomic mass is 16.5. The third-order valence-electron chi connectivity index (χ3n) is 3.73. The van der Waals surface area contributed by atoms with Gasteiger partial charge in [-0.2, -0.15) is 0 Å². The molecule has 5 nitrogen and oxygen atoms in total. The lowest BCUT2D eigenvalue weighted by Gasteiger charge is -2.31. The van der Waals surface area contributed by atoms with Crippen molar-refractivity contribution >= 4 is 23.2 Å². The summed E-state index contributed by atoms with van der Waals surface area (Å²) in [7, 11) is 1.61. The van der Waals surface area contributed by atoms with Gasteiger partial charge < -0.3 is 15.0 Å². The van der Waals surface area contributed by atoms with Crippen LogP contribution in [0.2, 0.25) is 0 Å². The number of nitrogens with one attached hydrogen (secondary N) is 1. The van der Waals surface area contributed by atoms with E-state index in [1.807, 2.05) is 25.1 Å². The van der Waals surface area contributed by atoms with Crippen molar-refractivity contribution in [2.75, 3.05) is 23.9 Å². The van der Waals surface area contributed by atoms with Gasteiger partial charge in [0.15, 0.2) is 0 Å². The minimum Gasteiger partial charge on any atom is -0.381 e. The first-order valence-electron chi connectivity index (χ1n) is 7.25. The summed E-state index contributed by atoms with van der Waals surface area (Å²) in [6, 6.07) is 5.69. The van der Waals surface area contributed by atoms with Gasteiger partial charge in [0.25, 0.3) is 0 Å². The van der Waals surface area contributed by atoms with E-state index < -0.39 is 0 Å². The highest BCUT2D eigenvalue weighted by Gasteiger charge is 2.25. The second kappa shape index (κ2) is 6.72. The second-order valence-corrected chi connectivity index (χ2v) is 5.38. The van der Waals surface area contributed by atoms with Crippen LogP contribution in [-0.4, -0.2) is 31.6 Å². The molecule has 2 rings (SSSR count). The number of nitrogens with zero attached hydrogens (tertiary/aromatic N) is 1. The summed E-state index contributed by atoms with van der Waals surface area (Å²) in [5.74, 6) is -0.0369. The molecule has 1 N–H and O–H groups in total. The van der Waals surface area contributed by atoms with Crippen molar-refractivity contribution in [3.63, 3.8) is 0 Å². The molecule has 0 bridgehead atoms. The maximum Gasteiger partial charge on any atom is 0.229 e. The largest absolute Gasteiger partial charge is 0.381 e. The SMILES string of the molecule is COC(C)CC(=O)N1CCCc2c(NC(C)=O)cccc21. The van der Waals surface area contributed by atoms with Crippen LogP contribution >= 0.6 is 0 Å². The van der Waals surface area contributed by atoms with E-state index in [2.05, 4.69) is 5.32 Å². The molecule has 0 spiro atoms. The fourth-order valence-electron chi connectivity index (χ4n) is 2.63. The molecule has 0 saturated heterocycles. The Hall–Kier alpha value is -1.88. The van der Waals surface area contributed by atoms with Crippen LogP contribution in [0.15, 0.2) is 18.2 Å². The number of methoxy groups -OCH3 is 1. The number of carbonyl (C=O) groups excluding carboxylic acids is 2. The van der Waals surface area contributed by atoms with Crippen LogP contribution in [0.3, 0.4) is 0 Å². The molecular formula is C16H22N2O3. The quantitative estimate of drug-likeness (QED) is 0.926. The minimum atomic E-state index is -0.0974. The van der Waals surface area contributed by atoms with E-state index in [-0.39, 0.29) is 17.9 Å². The van der Waals surface area contributed by atoms with Gasteiger partial charge >= 0.3 is 0 Å². The number of rotatable bonds is 4. The van der Waals surface area contributed by atoms with E-state index in [1.54, 1.807) is 12.0 Å². The Morgan fingerprint density at radius 1 is 1.43 bits per heavy atom. The van der Waals surface area contributed by atoms with E-state index in [0.29, 0.717) is 13.0 Å². The molecule has 0 fully saturated rings. The maximum absolute atomic E-state index is 12.4. The van der Waals surface area contributed by atoms with Crippen LogP contribution in [-0.2, 0) is 20.7 Å². The zero-order chi connectivity index (χ0) is 15.4. The maximum atomic E-state index is 12.4. The van der Waals surface area contributed by atoms with Crippen molar-refractivity contribution in [1.29, 1.82) is 0 Å². The Morgan fingerprint density at radius 3 is 2.86 bits per heavy atom. The number of ether oxygens (including phenoxy) is 1. The molecule has 1 heterocycles. The molecule has 1 aromatic rings. The van der Waals surface area contributed by atoms with Crippen molar-refractivity contribution < 1.29 is 14.3 Å². The molecule has 0 aromatic heterocycles. The molecule has 2 amide bonds. The van der Waals surface area contributed by atoms with Crippen LogP contribution in [0.1, 0.15) is 32.3 Å². The lowest BCUT2D eigenvalue weighted by atomic mass is 9.99. The lowest BCUT2D eigenvalue weighted by molar-refractivity contribution is -0.120. The highest BCUT2D eigenvalue weighted by Crippen LogP contribution is 2.33. The Kier molecular flexibility index (Phi) is 4.96. The number of carbonyl (C=O) groups is 2. The number of hydrogen-bond donors (Lipinski definition) is 1. The number of amides is 2.